The summed E-state index contributed by atoms with van der Waals surface area (Å²) in [6.45, 7) is 3.85. The van der Waals surface area contributed by atoms with Gasteiger partial charge in [-0.2, -0.15) is 0 Å². The molecule has 1 aliphatic rings. The van der Waals surface area contributed by atoms with Crippen LogP contribution in [0.1, 0.15) is 19.8 Å². The molecule has 0 bridgehead atoms. The van der Waals surface area contributed by atoms with Crippen molar-refractivity contribution in [3.05, 3.63) is 0 Å². The Hall–Kier alpha value is -0.610. The lowest BCUT2D eigenvalue weighted by molar-refractivity contribution is -0.148. The molecule has 2 N–H and O–H groups in total. The normalized spacial score (nSPS) is 29.7. The van der Waals surface area contributed by atoms with Crippen LogP contribution < -0.4 is 5.73 Å². The van der Waals surface area contributed by atoms with Crippen LogP contribution in [0.5, 0.6) is 0 Å². The molecule has 1 fully saturated rings. The van der Waals surface area contributed by atoms with Crippen LogP contribution in [-0.2, 0) is 9.53 Å². The minimum absolute atomic E-state index is 0.181. The Kier molecular flexibility index (Phi) is 4.11. The summed E-state index contributed by atoms with van der Waals surface area (Å²) in [5, 5.41) is 0. The van der Waals surface area contributed by atoms with Crippen molar-refractivity contribution in [1.82, 2.24) is 4.90 Å². The molecule has 0 atom stereocenters. The first-order valence-corrected chi connectivity index (χ1v) is 5.50. The first-order valence-electron chi connectivity index (χ1n) is 5.50. The zero-order valence-electron chi connectivity index (χ0n) is 9.95. The number of nitrogens with zero attached hydrogens (tertiary/aromatic N) is 1. The van der Waals surface area contributed by atoms with E-state index in [1.54, 1.807) is 12.0 Å². The fourth-order valence-electron chi connectivity index (χ4n) is 2.44. The molecule has 0 saturated heterocycles. The van der Waals surface area contributed by atoms with E-state index in [0.29, 0.717) is 25.6 Å². The number of likely N-dealkylation sites (N-methyl/N-ethyl adjacent to an activating group) is 1. The van der Waals surface area contributed by atoms with Crippen molar-refractivity contribution < 1.29 is 9.53 Å². The molecule has 1 rings (SSSR count). The van der Waals surface area contributed by atoms with Crippen LogP contribution in [0.15, 0.2) is 0 Å². The molecule has 0 aromatic heterocycles. The van der Waals surface area contributed by atoms with E-state index < -0.39 is 0 Å². The molecule has 4 nitrogen and oxygen atoms in total. The molecular formula is C11H22N2O2. The number of hydrogen-bond donors (Lipinski definition) is 1. The standard InChI is InChI=1S/C11H22N2O2/c1-9-6-11(7-9,8-12)10(14)13(2)4-5-15-3/h9H,4-8,12H2,1-3H3. The van der Waals surface area contributed by atoms with E-state index in [1.807, 2.05) is 7.05 Å². The summed E-state index contributed by atoms with van der Waals surface area (Å²) in [6.07, 6.45) is 1.86. The fourth-order valence-corrected chi connectivity index (χ4v) is 2.44. The van der Waals surface area contributed by atoms with Gasteiger partial charge in [0.15, 0.2) is 0 Å². The molecule has 15 heavy (non-hydrogen) atoms. The smallest absolute Gasteiger partial charge is 0.229 e. The first kappa shape index (κ1) is 12.5. The van der Waals surface area contributed by atoms with Gasteiger partial charge < -0.3 is 15.4 Å². The quantitative estimate of drug-likeness (QED) is 0.723. The average molecular weight is 214 g/mol. The van der Waals surface area contributed by atoms with Crippen molar-refractivity contribution in [2.24, 2.45) is 17.1 Å². The Labute approximate surface area is 91.8 Å². The maximum Gasteiger partial charge on any atom is 0.229 e. The summed E-state index contributed by atoms with van der Waals surface area (Å²) in [4.78, 5) is 13.9. The van der Waals surface area contributed by atoms with Crippen molar-refractivity contribution in [3.63, 3.8) is 0 Å². The van der Waals surface area contributed by atoms with Gasteiger partial charge in [-0.3, -0.25) is 4.79 Å². The lowest BCUT2D eigenvalue weighted by Gasteiger charge is -2.46. The van der Waals surface area contributed by atoms with E-state index in [1.165, 1.54) is 0 Å². The Morgan fingerprint density at radius 1 is 1.60 bits per heavy atom. The number of nitrogens with two attached hydrogens (primary N) is 1. The van der Waals surface area contributed by atoms with Crippen LogP contribution in [0.4, 0.5) is 0 Å². The van der Waals surface area contributed by atoms with Crippen LogP contribution in [0.25, 0.3) is 0 Å². The predicted octanol–water partition coefficient (Wildman–Crippen LogP) is 0.466. The maximum absolute atomic E-state index is 12.1. The molecule has 0 aromatic rings. The third kappa shape index (κ3) is 2.49. The maximum atomic E-state index is 12.1. The Morgan fingerprint density at radius 3 is 2.60 bits per heavy atom. The number of hydrogen-bond acceptors (Lipinski definition) is 3. The molecule has 0 radical (unpaired) electrons. The highest BCUT2D eigenvalue weighted by Crippen LogP contribution is 2.45. The average Bonchev–Trinajstić information content (AvgIpc) is 2.20. The zero-order valence-corrected chi connectivity index (χ0v) is 9.95. The summed E-state index contributed by atoms with van der Waals surface area (Å²) < 4.78 is 4.96. The number of carbonyl (C=O) groups is 1. The summed E-state index contributed by atoms with van der Waals surface area (Å²) in [5.74, 6) is 0.813. The lowest BCUT2D eigenvalue weighted by atomic mass is 9.62. The number of carbonyl (C=O) groups excluding carboxylic acids is 1. The van der Waals surface area contributed by atoms with Gasteiger partial charge in [0.1, 0.15) is 0 Å². The van der Waals surface area contributed by atoms with Crippen molar-refractivity contribution >= 4 is 5.91 Å². The molecule has 0 unspecified atom stereocenters. The van der Waals surface area contributed by atoms with Gasteiger partial charge in [-0.15, -0.1) is 0 Å². The second-order valence-corrected chi connectivity index (χ2v) is 4.72. The second kappa shape index (κ2) is 4.94. The minimum atomic E-state index is -0.276. The van der Waals surface area contributed by atoms with Crippen LogP contribution in [0, 0.1) is 11.3 Å². The fraction of sp³-hybridized carbons (Fsp3) is 0.909. The third-order valence-corrected chi connectivity index (χ3v) is 3.30. The van der Waals surface area contributed by atoms with E-state index >= 15 is 0 Å². The van der Waals surface area contributed by atoms with E-state index in [-0.39, 0.29) is 11.3 Å². The minimum Gasteiger partial charge on any atom is -0.383 e. The molecule has 4 heteroatoms. The summed E-state index contributed by atoms with van der Waals surface area (Å²) in [7, 11) is 3.46. The first-order chi connectivity index (χ1) is 7.05. The summed E-state index contributed by atoms with van der Waals surface area (Å²) >= 11 is 0. The zero-order chi connectivity index (χ0) is 11.5. The van der Waals surface area contributed by atoms with Gasteiger partial charge in [0.05, 0.1) is 12.0 Å². The summed E-state index contributed by atoms with van der Waals surface area (Å²) in [6, 6.07) is 0. The number of methoxy groups -OCH3 is 1. The SMILES string of the molecule is COCCN(C)C(=O)C1(CN)CC(C)C1. The Bertz CT molecular complexity index is 225. The monoisotopic (exact) mass is 214 g/mol. The van der Waals surface area contributed by atoms with Crippen molar-refractivity contribution in [1.29, 1.82) is 0 Å². The van der Waals surface area contributed by atoms with E-state index in [0.717, 1.165) is 12.8 Å². The molecule has 1 saturated carbocycles. The highest BCUT2D eigenvalue weighted by molar-refractivity contribution is 5.83. The van der Waals surface area contributed by atoms with Gasteiger partial charge in [-0.25, -0.2) is 0 Å². The molecule has 0 aromatic carbocycles. The van der Waals surface area contributed by atoms with Gasteiger partial charge in [-0.05, 0) is 18.8 Å². The van der Waals surface area contributed by atoms with Gasteiger partial charge >= 0.3 is 0 Å². The van der Waals surface area contributed by atoms with E-state index in [2.05, 4.69) is 6.92 Å². The van der Waals surface area contributed by atoms with Crippen LogP contribution >= 0.6 is 0 Å². The lowest BCUT2D eigenvalue weighted by Crippen LogP contribution is -2.54. The number of amides is 1. The molecule has 88 valence electrons. The molecular weight excluding hydrogens is 192 g/mol. The highest BCUT2D eigenvalue weighted by Gasteiger charge is 2.48. The van der Waals surface area contributed by atoms with Crippen LogP contribution in [0.3, 0.4) is 0 Å². The van der Waals surface area contributed by atoms with Crippen molar-refractivity contribution in [2.45, 2.75) is 19.8 Å². The van der Waals surface area contributed by atoms with Crippen molar-refractivity contribution in [3.8, 4) is 0 Å². The topological polar surface area (TPSA) is 55.6 Å². The number of ether oxygens (including phenoxy) is 1. The molecule has 0 spiro atoms. The van der Waals surface area contributed by atoms with Crippen LogP contribution in [0.2, 0.25) is 0 Å². The highest BCUT2D eigenvalue weighted by atomic mass is 16.5. The number of rotatable bonds is 5. The predicted molar refractivity (Wildman–Crippen MR) is 59.4 cm³/mol. The molecule has 1 aliphatic carbocycles. The molecule has 0 aliphatic heterocycles. The van der Waals surface area contributed by atoms with Gasteiger partial charge in [0.25, 0.3) is 0 Å². The largest absolute Gasteiger partial charge is 0.383 e. The Morgan fingerprint density at radius 2 is 2.20 bits per heavy atom. The van der Waals surface area contributed by atoms with E-state index in [9.17, 15) is 4.79 Å². The molecule has 1 amide bonds. The van der Waals surface area contributed by atoms with Crippen LogP contribution in [-0.4, -0.2) is 44.7 Å². The second-order valence-electron chi connectivity index (χ2n) is 4.72. The molecule has 0 heterocycles. The van der Waals surface area contributed by atoms with Gasteiger partial charge in [0, 0.05) is 27.2 Å². The van der Waals surface area contributed by atoms with Gasteiger partial charge in [-0.1, -0.05) is 6.92 Å². The third-order valence-electron chi connectivity index (χ3n) is 3.30. The Balaban J connectivity index is 2.50. The van der Waals surface area contributed by atoms with Crippen molar-refractivity contribution in [2.75, 3.05) is 33.9 Å². The van der Waals surface area contributed by atoms with Gasteiger partial charge in [0.2, 0.25) is 5.91 Å². The summed E-state index contributed by atoms with van der Waals surface area (Å²) in [5.41, 5.74) is 5.44. The van der Waals surface area contributed by atoms with E-state index in [4.69, 9.17) is 10.5 Å².